The molecule has 7 aliphatic rings. The smallest absolute Gasteiger partial charge is 0.313 e. The first kappa shape index (κ1) is 22.3. The molecular weight excluding hydrogens is 428 g/mol. The van der Waals surface area contributed by atoms with E-state index in [0.29, 0.717) is 32.7 Å². The molecule has 8 nitrogen and oxygen atoms in total. The van der Waals surface area contributed by atoms with Crippen LogP contribution < -0.4 is 0 Å². The highest BCUT2D eigenvalue weighted by Gasteiger charge is 2.97. The summed E-state index contributed by atoms with van der Waals surface area (Å²) in [5.74, 6) is -2.49. The summed E-state index contributed by atoms with van der Waals surface area (Å²) in [7, 11) is 2.84. The molecule has 4 saturated carbocycles. The molecule has 3 heterocycles. The lowest BCUT2D eigenvalue weighted by Crippen LogP contribution is -2.81. The summed E-state index contributed by atoms with van der Waals surface area (Å²) < 4.78 is 37.0. The molecule has 0 radical (unpaired) electrons. The average Bonchev–Trinajstić information content (AvgIpc) is 3.33. The van der Waals surface area contributed by atoms with E-state index in [0.717, 1.165) is 25.7 Å². The fraction of sp³-hybridized carbons (Fsp3) is 0.920. The number of methoxy groups -OCH3 is 2. The molecule has 0 aromatic carbocycles. The van der Waals surface area contributed by atoms with Crippen LogP contribution in [0, 0.1) is 40.4 Å². The lowest BCUT2D eigenvalue weighted by atomic mass is 9.39. The Morgan fingerprint density at radius 1 is 1.12 bits per heavy atom. The number of unbranched alkanes of at least 4 members (excludes halogenated alkanes) is 1. The first-order valence-corrected chi connectivity index (χ1v) is 12.7. The summed E-state index contributed by atoms with van der Waals surface area (Å²) in [6.07, 6.45) is 4.74. The van der Waals surface area contributed by atoms with E-state index in [1.165, 1.54) is 14.2 Å². The molecule has 3 saturated heterocycles. The van der Waals surface area contributed by atoms with Crippen LogP contribution >= 0.6 is 0 Å². The first-order valence-electron chi connectivity index (χ1n) is 12.7. The average molecular weight is 465 g/mol. The van der Waals surface area contributed by atoms with Crippen LogP contribution in [0.15, 0.2) is 0 Å². The van der Waals surface area contributed by atoms with Gasteiger partial charge in [0.1, 0.15) is 5.60 Å². The lowest BCUT2D eigenvalue weighted by Gasteiger charge is -2.70. The van der Waals surface area contributed by atoms with Gasteiger partial charge in [-0.1, -0.05) is 19.8 Å². The molecule has 184 valence electrons. The minimum absolute atomic E-state index is 0.214. The molecule has 7 fully saturated rings. The third-order valence-electron chi connectivity index (χ3n) is 10.2. The van der Waals surface area contributed by atoms with Crippen LogP contribution in [0.2, 0.25) is 0 Å². The number of esters is 2. The van der Waals surface area contributed by atoms with Crippen LogP contribution in [0.4, 0.5) is 0 Å². The minimum atomic E-state index is -1.05. The first-order chi connectivity index (χ1) is 15.9. The van der Waals surface area contributed by atoms with Crippen molar-refractivity contribution in [2.24, 2.45) is 40.4 Å². The standard InChI is InChI=1S/C25H36O8/c1-5-7-8-15-14-9-10-31-25-17(14)18(20(26)28-3)23(21(27)29-4)12-22(13-32-25)11-16(30-6-2)33-24(22,25)19(15)23/h14-19H,5-13H2,1-4H3/t14-,15-,16-,17-,18+,19+,22+,23+,24-,25+/m1/s1. The molecule has 33 heavy (non-hydrogen) atoms. The van der Waals surface area contributed by atoms with Gasteiger partial charge in [0.05, 0.1) is 38.8 Å². The van der Waals surface area contributed by atoms with Crippen LogP contribution in [0.5, 0.6) is 0 Å². The molecule has 0 aromatic rings. The molecule has 2 spiro atoms. The van der Waals surface area contributed by atoms with Crippen molar-refractivity contribution in [3.63, 3.8) is 0 Å². The van der Waals surface area contributed by atoms with E-state index in [4.69, 9.17) is 28.4 Å². The van der Waals surface area contributed by atoms with Crippen LogP contribution in [-0.4, -0.2) is 63.7 Å². The Bertz CT molecular complexity index is 861. The number of rotatable bonds is 7. The zero-order valence-corrected chi connectivity index (χ0v) is 20.1. The van der Waals surface area contributed by atoms with Crippen molar-refractivity contribution in [1.82, 2.24) is 0 Å². The SMILES string of the molecule is CCCC[C@@H]1[C@H]2CCO[C@@]34OC[C@@]56C[C@H](OCC)O[C@]53[C@@H]1[C@](C(=O)OC)(C6)[C@H](C(=O)OC)[C@@H]24. The van der Waals surface area contributed by atoms with Crippen molar-refractivity contribution in [3.8, 4) is 0 Å². The lowest BCUT2D eigenvalue weighted by molar-refractivity contribution is -0.427. The summed E-state index contributed by atoms with van der Waals surface area (Å²) >= 11 is 0. The number of hydrogen-bond acceptors (Lipinski definition) is 8. The quantitative estimate of drug-likeness (QED) is 0.532. The molecule has 3 aliphatic heterocycles. The van der Waals surface area contributed by atoms with Gasteiger partial charge in [0.25, 0.3) is 0 Å². The predicted octanol–water partition coefficient (Wildman–Crippen LogP) is 2.68. The van der Waals surface area contributed by atoms with E-state index >= 15 is 0 Å². The molecule has 0 unspecified atom stereocenters. The highest BCUT2D eigenvalue weighted by Crippen LogP contribution is 2.86. The van der Waals surface area contributed by atoms with Gasteiger partial charge in [-0.25, -0.2) is 0 Å². The van der Waals surface area contributed by atoms with E-state index < -0.39 is 28.1 Å². The highest BCUT2D eigenvalue weighted by atomic mass is 16.8. The van der Waals surface area contributed by atoms with E-state index in [-0.39, 0.29) is 41.9 Å². The zero-order valence-electron chi connectivity index (χ0n) is 20.1. The normalized spacial score (nSPS) is 52.6. The van der Waals surface area contributed by atoms with Gasteiger partial charge in [-0.15, -0.1) is 0 Å². The third kappa shape index (κ3) is 2.19. The zero-order chi connectivity index (χ0) is 23.2. The van der Waals surface area contributed by atoms with Crippen molar-refractivity contribution in [1.29, 1.82) is 0 Å². The second-order valence-electron chi connectivity index (χ2n) is 11.0. The van der Waals surface area contributed by atoms with Gasteiger partial charge >= 0.3 is 11.9 Å². The number of carbonyl (C=O) groups excluding carboxylic acids is 2. The Hall–Kier alpha value is -1.22. The van der Waals surface area contributed by atoms with Crippen molar-refractivity contribution in [2.75, 3.05) is 34.0 Å². The molecule has 0 amide bonds. The largest absolute Gasteiger partial charge is 0.469 e. The van der Waals surface area contributed by atoms with Gasteiger partial charge in [0.15, 0.2) is 6.29 Å². The minimum Gasteiger partial charge on any atom is -0.469 e. The fourth-order valence-electron chi connectivity index (χ4n) is 9.72. The molecule has 4 aliphatic carbocycles. The maximum Gasteiger partial charge on any atom is 0.313 e. The van der Waals surface area contributed by atoms with Crippen molar-refractivity contribution < 1.29 is 38.0 Å². The van der Waals surface area contributed by atoms with Gasteiger partial charge in [-0.3, -0.25) is 9.59 Å². The number of carbonyl (C=O) groups is 2. The monoisotopic (exact) mass is 464 g/mol. The van der Waals surface area contributed by atoms with Gasteiger partial charge in [-0.05, 0) is 38.0 Å². The van der Waals surface area contributed by atoms with Gasteiger partial charge in [0.2, 0.25) is 5.79 Å². The van der Waals surface area contributed by atoms with Crippen LogP contribution in [0.25, 0.3) is 0 Å². The third-order valence-corrected chi connectivity index (χ3v) is 10.2. The Morgan fingerprint density at radius 2 is 1.94 bits per heavy atom. The second-order valence-corrected chi connectivity index (χ2v) is 11.0. The van der Waals surface area contributed by atoms with Crippen molar-refractivity contribution in [2.45, 2.75) is 70.1 Å². The van der Waals surface area contributed by atoms with Gasteiger partial charge in [0, 0.05) is 30.3 Å². The molecule has 0 aromatic heterocycles. The summed E-state index contributed by atoms with van der Waals surface area (Å²) in [5.41, 5.74) is -2.27. The number of ether oxygens (including phenoxy) is 6. The summed E-state index contributed by atoms with van der Waals surface area (Å²) in [6.45, 7) is 5.72. The van der Waals surface area contributed by atoms with Crippen molar-refractivity contribution >= 4 is 11.9 Å². The van der Waals surface area contributed by atoms with Crippen molar-refractivity contribution in [3.05, 3.63) is 0 Å². The predicted molar refractivity (Wildman–Crippen MR) is 114 cm³/mol. The molecule has 8 heteroatoms. The topological polar surface area (TPSA) is 89.5 Å². The van der Waals surface area contributed by atoms with Crippen LogP contribution in [0.3, 0.4) is 0 Å². The Balaban J connectivity index is 1.62. The maximum atomic E-state index is 13.8. The van der Waals surface area contributed by atoms with Crippen LogP contribution in [0.1, 0.15) is 52.4 Å². The molecule has 0 N–H and O–H groups in total. The molecule has 10 atom stereocenters. The molecule has 6 bridgehead atoms. The van der Waals surface area contributed by atoms with E-state index in [2.05, 4.69) is 6.92 Å². The van der Waals surface area contributed by atoms with E-state index in [1.807, 2.05) is 6.92 Å². The summed E-state index contributed by atoms with van der Waals surface area (Å²) in [5, 5.41) is 0. The fourth-order valence-corrected chi connectivity index (χ4v) is 9.72. The summed E-state index contributed by atoms with van der Waals surface area (Å²) in [4.78, 5) is 27.3. The summed E-state index contributed by atoms with van der Waals surface area (Å²) in [6, 6.07) is 0. The Kier molecular flexibility index (Phi) is 4.82. The van der Waals surface area contributed by atoms with E-state index in [9.17, 15) is 9.59 Å². The highest BCUT2D eigenvalue weighted by molar-refractivity contribution is 5.88. The van der Waals surface area contributed by atoms with Gasteiger partial charge in [-0.2, -0.15) is 0 Å². The Labute approximate surface area is 194 Å². The molecular formula is C25H36O8. The second kappa shape index (κ2) is 7.15. The Morgan fingerprint density at radius 3 is 2.64 bits per heavy atom. The number of hydrogen-bond donors (Lipinski definition) is 0. The maximum absolute atomic E-state index is 13.8. The van der Waals surface area contributed by atoms with Crippen LogP contribution in [-0.2, 0) is 38.0 Å². The van der Waals surface area contributed by atoms with Gasteiger partial charge < -0.3 is 28.4 Å². The van der Waals surface area contributed by atoms with E-state index in [1.54, 1.807) is 0 Å². The molecule has 7 rings (SSSR count).